The summed E-state index contributed by atoms with van der Waals surface area (Å²) < 4.78 is 9.58. The average Bonchev–Trinajstić information content (AvgIpc) is 1.35. The molecule has 0 rings (SSSR count). The molecular weight excluding hydrogens is 143 g/mol. The normalized spacial score (nSPS) is 11.8. The van der Waals surface area contributed by atoms with Crippen LogP contribution < -0.4 is 0 Å². The topological polar surface area (TPSA) is 57.5 Å². The summed E-state index contributed by atoms with van der Waals surface area (Å²) in [7, 11) is 0.243. The molecule has 6 heteroatoms. The van der Waals surface area contributed by atoms with E-state index in [-0.39, 0.29) is 10.4 Å². The Bertz CT molecular complexity index is 72.9. The number of hydrogen-bond acceptors (Lipinski definition) is 3. The van der Waals surface area contributed by atoms with E-state index in [1.165, 1.54) is 0 Å². The fourth-order valence-corrected chi connectivity index (χ4v) is 0. The Morgan fingerprint density at radius 1 is 1.67 bits per heavy atom. The molecule has 0 spiro atoms. The minimum Gasteiger partial charge on any atom is -0.316 e. The third kappa shape index (κ3) is 4.85. The van der Waals surface area contributed by atoms with Crippen LogP contribution in [0.5, 0.6) is 0 Å². The Balaban J connectivity index is 3.48. The van der Waals surface area contributed by atoms with Crippen molar-refractivity contribution >= 4 is 28.9 Å². The maximum Gasteiger partial charge on any atom is 0.394 e. The summed E-state index contributed by atoms with van der Waals surface area (Å²) in [6.45, 7) is -3.87. The SMILES string of the molecule is O=P(O)(O)SS. The molecule has 0 saturated carbocycles. The summed E-state index contributed by atoms with van der Waals surface area (Å²) in [6.07, 6.45) is 0. The predicted octanol–water partition coefficient (Wildman–Crippen LogP) is 0.657. The third-order valence-electron chi connectivity index (χ3n) is 0.106. The third-order valence-corrected chi connectivity index (χ3v) is 2.87. The van der Waals surface area contributed by atoms with Gasteiger partial charge in [-0.15, -0.1) is 0 Å². The lowest BCUT2D eigenvalue weighted by Crippen LogP contribution is -1.58. The van der Waals surface area contributed by atoms with Crippen molar-refractivity contribution in [3.05, 3.63) is 0 Å². The predicted molar refractivity (Wildman–Crippen MR) is 28.6 cm³/mol. The van der Waals surface area contributed by atoms with Gasteiger partial charge in [-0.1, -0.05) is 11.7 Å². The molecule has 2 N–H and O–H groups in total. The highest BCUT2D eigenvalue weighted by molar-refractivity contribution is 8.93. The van der Waals surface area contributed by atoms with Crippen LogP contribution in [0.25, 0.3) is 0 Å². The molecule has 0 aliphatic rings. The molecule has 0 saturated heterocycles. The molecule has 0 amide bonds. The van der Waals surface area contributed by atoms with Gasteiger partial charge in [-0.2, -0.15) is 0 Å². The molecule has 0 aliphatic carbocycles. The van der Waals surface area contributed by atoms with Crippen molar-refractivity contribution in [2.24, 2.45) is 0 Å². The van der Waals surface area contributed by atoms with Crippen molar-refractivity contribution in [2.75, 3.05) is 0 Å². The van der Waals surface area contributed by atoms with Crippen LogP contribution in [0.2, 0.25) is 0 Å². The molecule has 0 aromatic heterocycles. The largest absolute Gasteiger partial charge is 0.394 e. The Hall–Kier alpha value is 0.850. The van der Waals surface area contributed by atoms with E-state index in [2.05, 4.69) is 11.7 Å². The molecular formula is H3O3PS2. The summed E-state index contributed by atoms with van der Waals surface area (Å²) in [5.41, 5.74) is 0. The fourth-order valence-electron chi connectivity index (χ4n) is 0. The zero-order valence-electron chi connectivity index (χ0n) is 2.61. The van der Waals surface area contributed by atoms with Gasteiger partial charge in [0, 0.05) is 10.4 Å². The van der Waals surface area contributed by atoms with Gasteiger partial charge >= 0.3 is 6.80 Å². The van der Waals surface area contributed by atoms with Gasteiger partial charge in [-0.3, -0.25) is 0 Å². The van der Waals surface area contributed by atoms with Gasteiger partial charge in [0.2, 0.25) is 0 Å². The fraction of sp³-hybridized carbons (Fsp3) is 0. The Labute approximate surface area is 43.9 Å². The summed E-state index contributed by atoms with van der Waals surface area (Å²) in [4.78, 5) is 15.6. The first kappa shape index (κ1) is 6.85. The van der Waals surface area contributed by atoms with Crippen molar-refractivity contribution in [3.63, 3.8) is 0 Å². The van der Waals surface area contributed by atoms with Crippen LogP contribution in [0.4, 0.5) is 0 Å². The second-order valence-electron chi connectivity index (χ2n) is 0.572. The zero-order chi connectivity index (χ0) is 5.21. The molecule has 0 unspecified atom stereocenters. The van der Waals surface area contributed by atoms with Crippen molar-refractivity contribution in [1.82, 2.24) is 0 Å². The van der Waals surface area contributed by atoms with E-state index >= 15 is 0 Å². The van der Waals surface area contributed by atoms with Crippen LogP contribution in [-0.2, 0) is 4.57 Å². The van der Waals surface area contributed by atoms with Gasteiger partial charge in [0.05, 0.1) is 0 Å². The quantitative estimate of drug-likeness (QED) is 0.289. The Morgan fingerprint density at radius 2 is 1.83 bits per heavy atom. The summed E-state index contributed by atoms with van der Waals surface area (Å²) in [5.74, 6) is 0. The van der Waals surface area contributed by atoms with Gasteiger partial charge < -0.3 is 9.79 Å². The molecule has 0 fully saturated rings. The highest BCUT2D eigenvalue weighted by atomic mass is 33.3. The molecule has 3 nitrogen and oxygen atoms in total. The lowest BCUT2D eigenvalue weighted by Gasteiger charge is -1.90. The van der Waals surface area contributed by atoms with Crippen molar-refractivity contribution in [1.29, 1.82) is 0 Å². The number of thiol groups is 1. The first-order chi connectivity index (χ1) is 2.56. The zero-order valence-corrected chi connectivity index (χ0v) is 5.21. The maximum absolute atomic E-state index is 9.58. The number of rotatable bonds is 1. The molecule has 38 valence electrons. The molecule has 0 aliphatic heterocycles. The van der Waals surface area contributed by atoms with E-state index in [4.69, 9.17) is 9.79 Å². The molecule has 6 heavy (non-hydrogen) atoms. The van der Waals surface area contributed by atoms with E-state index in [1.54, 1.807) is 0 Å². The van der Waals surface area contributed by atoms with Crippen LogP contribution in [-0.4, -0.2) is 9.79 Å². The first-order valence-corrected chi connectivity index (χ1v) is 5.03. The molecule has 0 aromatic carbocycles. The van der Waals surface area contributed by atoms with E-state index in [9.17, 15) is 4.57 Å². The molecule has 0 radical (unpaired) electrons. The van der Waals surface area contributed by atoms with Crippen LogP contribution in [0.1, 0.15) is 0 Å². The highest BCUT2D eigenvalue weighted by Gasteiger charge is 2.08. The smallest absolute Gasteiger partial charge is 0.316 e. The van der Waals surface area contributed by atoms with Crippen LogP contribution in [0, 0.1) is 0 Å². The summed E-state index contributed by atoms with van der Waals surface area (Å²) >= 11 is 3.25. The summed E-state index contributed by atoms with van der Waals surface area (Å²) in [6, 6.07) is 0. The van der Waals surface area contributed by atoms with E-state index in [1.807, 2.05) is 0 Å². The van der Waals surface area contributed by atoms with Gasteiger partial charge in [0.25, 0.3) is 0 Å². The number of hydrogen-bond donors (Lipinski definition) is 3. The molecule has 0 heterocycles. The van der Waals surface area contributed by atoms with Gasteiger partial charge in [0.1, 0.15) is 0 Å². The van der Waals surface area contributed by atoms with E-state index < -0.39 is 6.80 Å². The van der Waals surface area contributed by atoms with Gasteiger partial charge in [-0.05, 0) is 0 Å². The Kier molecular flexibility index (Phi) is 2.55. The van der Waals surface area contributed by atoms with E-state index in [0.717, 1.165) is 0 Å². The molecule has 0 atom stereocenters. The standard InChI is InChI=1S/H3O3PS2/c1-4(2,3)6-5/h5H,(H2,1,2,3). The minimum atomic E-state index is -3.87. The monoisotopic (exact) mass is 146 g/mol. The average molecular weight is 146 g/mol. The van der Waals surface area contributed by atoms with Crippen LogP contribution in [0.3, 0.4) is 0 Å². The van der Waals surface area contributed by atoms with Crippen LogP contribution >= 0.6 is 28.9 Å². The highest BCUT2D eigenvalue weighted by Crippen LogP contribution is 2.52. The van der Waals surface area contributed by atoms with Crippen molar-refractivity contribution in [3.8, 4) is 0 Å². The first-order valence-electron chi connectivity index (χ1n) is 0.948. The second kappa shape index (κ2) is 2.23. The molecule has 0 bridgehead atoms. The van der Waals surface area contributed by atoms with Gasteiger partial charge in [0.15, 0.2) is 0 Å². The van der Waals surface area contributed by atoms with Crippen molar-refractivity contribution in [2.45, 2.75) is 0 Å². The van der Waals surface area contributed by atoms with Crippen molar-refractivity contribution < 1.29 is 14.4 Å². The summed E-state index contributed by atoms with van der Waals surface area (Å²) in [5, 5.41) is 0. The Morgan fingerprint density at radius 3 is 1.83 bits per heavy atom. The second-order valence-corrected chi connectivity index (χ2v) is 5.10. The maximum atomic E-state index is 9.58. The van der Waals surface area contributed by atoms with E-state index in [0.29, 0.717) is 0 Å². The lowest BCUT2D eigenvalue weighted by molar-refractivity contribution is 0.397. The van der Waals surface area contributed by atoms with Gasteiger partial charge in [-0.25, -0.2) is 4.57 Å². The minimum absolute atomic E-state index is 0.243. The lowest BCUT2D eigenvalue weighted by atomic mass is 15.8. The molecule has 0 aromatic rings. The van der Waals surface area contributed by atoms with Crippen LogP contribution in [0.15, 0.2) is 0 Å².